The number of rotatable bonds is 5. The van der Waals surface area contributed by atoms with Gasteiger partial charge in [-0.15, -0.1) is 0 Å². The Morgan fingerprint density at radius 3 is 2.75 bits per heavy atom. The van der Waals surface area contributed by atoms with E-state index in [1.807, 2.05) is 61.5 Å². The van der Waals surface area contributed by atoms with E-state index in [-0.39, 0.29) is 6.03 Å². The summed E-state index contributed by atoms with van der Waals surface area (Å²) in [6.07, 6.45) is 1.67. The Morgan fingerprint density at radius 2 is 1.92 bits per heavy atom. The maximum absolute atomic E-state index is 12.1. The first-order chi connectivity index (χ1) is 11.8. The molecule has 1 aromatic heterocycles. The fourth-order valence-electron chi connectivity index (χ4n) is 2.44. The molecule has 2 N–H and O–H groups in total. The predicted octanol–water partition coefficient (Wildman–Crippen LogP) is 3.96. The molecule has 24 heavy (non-hydrogen) atoms. The molecule has 0 atom stereocenters. The molecule has 3 aromatic rings. The number of hydrogen-bond acceptors (Lipinski definition) is 3. The van der Waals surface area contributed by atoms with Crippen molar-refractivity contribution in [2.24, 2.45) is 0 Å². The van der Waals surface area contributed by atoms with Crippen molar-refractivity contribution in [2.45, 2.75) is 13.5 Å². The number of ether oxygens (including phenoxy) is 1. The second-order valence-corrected chi connectivity index (χ2v) is 5.27. The summed E-state index contributed by atoms with van der Waals surface area (Å²) in [6.45, 7) is 2.79. The van der Waals surface area contributed by atoms with Gasteiger partial charge in [0.15, 0.2) is 0 Å². The van der Waals surface area contributed by atoms with E-state index in [1.54, 1.807) is 6.20 Å². The van der Waals surface area contributed by atoms with Crippen molar-refractivity contribution >= 4 is 22.5 Å². The van der Waals surface area contributed by atoms with Gasteiger partial charge in [-0.1, -0.05) is 36.4 Å². The lowest BCUT2D eigenvalue weighted by Gasteiger charge is -2.11. The summed E-state index contributed by atoms with van der Waals surface area (Å²) in [5.41, 5.74) is 1.59. The minimum Gasteiger partial charge on any atom is -0.478 e. The van der Waals surface area contributed by atoms with Gasteiger partial charge in [0.05, 0.1) is 6.61 Å². The molecule has 5 heteroatoms. The number of aromatic nitrogens is 1. The first-order valence-corrected chi connectivity index (χ1v) is 7.86. The Bertz CT molecular complexity index is 849. The topological polar surface area (TPSA) is 63.2 Å². The monoisotopic (exact) mass is 321 g/mol. The molecule has 5 nitrogen and oxygen atoms in total. The normalized spacial score (nSPS) is 10.4. The maximum Gasteiger partial charge on any atom is 0.319 e. The highest BCUT2D eigenvalue weighted by molar-refractivity contribution is 5.93. The number of hydrogen-bond donors (Lipinski definition) is 2. The number of amides is 2. The molecule has 0 unspecified atom stereocenters. The zero-order chi connectivity index (χ0) is 16.8. The summed E-state index contributed by atoms with van der Waals surface area (Å²) in [5, 5.41) is 7.89. The second-order valence-electron chi connectivity index (χ2n) is 5.27. The Balaban J connectivity index is 1.63. The van der Waals surface area contributed by atoms with Crippen LogP contribution in [-0.2, 0) is 6.54 Å². The van der Waals surface area contributed by atoms with Gasteiger partial charge in [0.1, 0.15) is 0 Å². The number of carbonyl (C=O) groups is 1. The molecule has 0 spiro atoms. The third kappa shape index (κ3) is 3.81. The minimum absolute atomic E-state index is 0.267. The van der Waals surface area contributed by atoms with Crippen LogP contribution < -0.4 is 15.4 Å². The Kier molecular flexibility index (Phi) is 4.91. The van der Waals surface area contributed by atoms with E-state index in [9.17, 15) is 4.79 Å². The zero-order valence-electron chi connectivity index (χ0n) is 13.5. The molecule has 122 valence electrons. The largest absolute Gasteiger partial charge is 0.478 e. The molecule has 3 rings (SSSR count). The summed E-state index contributed by atoms with van der Waals surface area (Å²) in [4.78, 5) is 16.3. The molecule has 2 amide bonds. The van der Waals surface area contributed by atoms with Crippen LogP contribution >= 0.6 is 0 Å². The molecular formula is C19H19N3O2. The maximum atomic E-state index is 12.1. The fraction of sp³-hybridized carbons (Fsp3) is 0.158. The van der Waals surface area contributed by atoms with Gasteiger partial charge in [-0.25, -0.2) is 9.78 Å². The Hall–Kier alpha value is -3.08. The molecule has 0 fully saturated rings. The average Bonchev–Trinajstić information content (AvgIpc) is 2.61. The number of carbonyl (C=O) groups excluding carboxylic acids is 1. The lowest BCUT2D eigenvalue weighted by atomic mass is 10.1. The average molecular weight is 321 g/mol. The van der Waals surface area contributed by atoms with Crippen LogP contribution in [0.15, 0.2) is 60.8 Å². The van der Waals surface area contributed by atoms with Crippen molar-refractivity contribution in [2.75, 3.05) is 11.9 Å². The molecule has 0 saturated carbocycles. The highest BCUT2D eigenvalue weighted by Gasteiger charge is 2.07. The van der Waals surface area contributed by atoms with Crippen molar-refractivity contribution < 1.29 is 9.53 Å². The summed E-state index contributed by atoms with van der Waals surface area (Å²) in [7, 11) is 0. The Morgan fingerprint density at radius 1 is 1.08 bits per heavy atom. The molecule has 0 bridgehead atoms. The number of anilines is 1. The van der Waals surface area contributed by atoms with Gasteiger partial charge in [-0.05, 0) is 35.9 Å². The number of urea groups is 1. The standard InChI is InChI=1S/C19H19N3O2/c1-2-24-18-16(8-5-11-20-18)13-21-19(23)22-17-10-9-14-6-3-4-7-15(14)12-17/h3-12H,2,13H2,1H3,(H2,21,22,23). The number of benzene rings is 2. The van der Waals surface area contributed by atoms with Crippen LogP contribution in [0, 0.1) is 0 Å². The van der Waals surface area contributed by atoms with E-state index in [4.69, 9.17) is 4.74 Å². The van der Waals surface area contributed by atoms with Gasteiger partial charge in [0.25, 0.3) is 0 Å². The summed E-state index contributed by atoms with van der Waals surface area (Å²) < 4.78 is 5.45. The van der Waals surface area contributed by atoms with Crippen molar-refractivity contribution in [1.29, 1.82) is 0 Å². The third-order valence-electron chi connectivity index (χ3n) is 3.58. The van der Waals surface area contributed by atoms with Gasteiger partial charge in [0.2, 0.25) is 5.88 Å². The lowest BCUT2D eigenvalue weighted by Crippen LogP contribution is -2.28. The van der Waals surface area contributed by atoms with Crippen molar-refractivity contribution in [3.05, 3.63) is 66.4 Å². The van der Waals surface area contributed by atoms with E-state index < -0.39 is 0 Å². The van der Waals surface area contributed by atoms with Crippen LogP contribution in [0.3, 0.4) is 0 Å². The van der Waals surface area contributed by atoms with Crippen LogP contribution in [0.4, 0.5) is 10.5 Å². The molecule has 0 saturated heterocycles. The van der Waals surface area contributed by atoms with Crippen LogP contribution in [0.25, 0.3) is 10.8 Å². The fourth-order valence-corrected chi connectivity index (χ4v) is 2.44. The molecule has 0 aliphatic heterocycles. The van der Waals surface area contributed by atoms with Gasteiger partial charge in [-0.3, -0.25) is 0 Å². The number of fused-ring (bicyclic) bond motifs is 1. The molecule has 1 heterocycles. The van der Waals surface area contributed by atoms with Crippen molar-refractivity contribution in [3.8, 4) is 5.88 Å². The van der Waals surface area contributed by atoms with Crippen LogP contribution in [0.1, 0.15) is 12.5 Å². The lowest BCUT2D eigenvalue weighted by molar-refractivity contribution is 0.251. The van der Waals surface area contributed by atoms with E-state index in [0.717, 1.165) is 22.0 Å². The van der Waals surface area contributed by atoms with Gasteiger partial charge in [-0.2, -0.15) is 0 Å². The van der Waals surface area contributed by atoms with Gasteiger partial charge >= 0.3 is 6.03 Å². The molecule has 2 aromatic carbocycles. The smallest absolute Gasteiger partial charge is 0.319 e. The second kappa shape index (κ2) is 7.46. The highest BCUT2D eigenvalue weighted by atomic mass is 16.5. The first kappa shape index (κ1) is 15.8. The summed E-state index contributed by atoms with van der Waals surface area (Å²) >= 11 is 0. The van der Waals surface area contributed by atoms with Crippen LogP contribution in [-0.4, -0.2) is 17.6 Å². The van der Waals surface area contributed by atoms with Crippen LogP contribution in [0.5, 0.6) is 5.88 Å². The van der Waals surface area contributed by atoms with E-state index in [1.165, 1.54) is 0 Å². The van der Waals surface area contributed by atoms with Crippen molar-refractivity contribution in [1.82, 2.24) is 10.3 Å². The molecule has 0 aliphatic rings. The highest BCUT2D eigenvalue weighted by Crippen LogP contribution is 2.19. The predicted molar refractivity (Wildman–Crippen MR) is 95.2 cm³/mol. The Labute approximate surface area is 140 Å². The number of nitrogens with one attached hydrogen (secondary N) is 2. The molecular weight excluding hydrogens is 302 g/mol. The third-order valence-corrected chi connectivity index (χ3v) is 3.58. The van der Waals surface area contributed by atoms with Gasteiger partial charge < -0.3 is 15.4 Å². The summed E-state index contributed by atoms with van der Waals surface area (Å²) in [5.74, 6) is 0.547. The van der Waals surface area contributed by atoms with E-state index >= 15 is 0 Å². The zero-order valence-corrected chi connectivity index (χ0v) is 13.5. The van der Waals surface area contributed by atoms with E-state index in [0.29, 0.717) is 19.0 Å². The number of pyridine rings is 1. The first-order valence-electron chi connectivity index (χ1n) is 7.86. The van der Waals surface area contributed by atoms with Crippen LogP contribution in [0.2, 0.25) is 0 Å². The quantitative estimate of drug-likeness (QED) is 0.748. The SMILES string of the molecule is CCOc1ncccc1CNC(=O)Nc1ccc2ccccc2c1. The molecule has 0 radical (unpaired) electrons. The van der Waals surface area contributed by atoms with E-state index in [2.05, 4.69) is 15.6 Å². The minimum atomic E-state index is -0.267. The van der Waals surface area contributed by atoms with Crippen molar-refractivity contribution in [3.63, 3.8) is 0 Å². The molecule has 0 aliphatic carbocycles. The number of nitrogens with zero attached hydrogens (tertiary/aromatic N) is 1. The van der Waals surface area contributed by atoms with Gasteiger partial charge in [0, 0.05) is 24.0 Å². The summed E-state index contributed by atoms with van der Waals surface area (Å²) in [6, 6.07) is 17.3.